The van der Waals surface area contributed by atoms with Crippen molar-refractivity contribution in [2.45, 2.75) is 38.9 Å². The minimum absolute atomic E-state index is 0.371. The molecule has 0 aliphatic carbocycles. The first-order valence-electron chi connectivity index (χ1n) is 6.44. The van der Waals surface area contributed by atoms with E-state index in [2.05, 4.69) is 19.2 Å². The van der Waals surface area contributed by atoms with Crippen molar-refractivity contribution in [2.24, 2.45) is 0 Å². The van der Waals surface area contributed by atoms with Crippen LogP contribution < -0.4 is 5.66 Å². The van der Waals surface area contributed by atoms with E-state index in [0.717, 1.165) is 0 Å². The van der Waals surface area contributed by atoms with Gasteiger partial charge in [0.25, 0.3) is 0 Å². The summed E-state index contributed by atoms with van der Waals surface area (Å²) in [6.07, 6.45) is 3.13. The quantitative estimate of drug-likeness (QED) is 0.793. The number of nitriles is 1. The Labute approximate surface area is 119 Å². The van der Waals surface area contributed by atoms with Crippen molar-refractivity contribution in [3.05, 3.63) is 30.0 Å². The lowest BCUT2D eigenvalue weighted by atomic mass is 9.82. The first-order chi connectivity index (χ1) is 9.27. The molecule has 0 saturated carbocycles. The van der Waals surface area contributed by atoms with Gasteiger partial charge in [0, 0.05) is 5.56 Å². The number of rotatable bonds is 3. The van der Waals surface area contributed by atoms with Gasteiger partial charge in [0.2, 0.25) is 0 Å². The highest BCUT2D eigenvalue weighted by Crippen LogP contribution is 2.37. The molecular formula is C15H18BNO3. The summed E-state index contributed by atoms with van der Waals surface area (Å²) >= 11 is 0. The first kappa shape index (κ1) is 14.6. The van der Waals surface area contributed by atoms with E-state index >= 15 is 0 Å². The van der Waals surface area contributed by atoms with Gasteiger partial charge in [-0.2, -0.15) is 5.26 Å². The Kier molecular flexibility index (Phi) is 3.41. The zero-order valence-electron chi connectivity index (χ0n) is 12.3. The zero-order chi connectivity index (χ0) is 15.1. The normalized spacial score (nSPS) is 19.6. The Bertz CT molecular complexity index is 591. The molecule has 1 aromatic heterocycles. The summed E-state index contributed by atoms with van der Waals surface area (Å²) in [6.45, 7) is 15.2. The van der Waals surface area contributed by atoms with Crippen LogP contribution in [0.15, 0.2) is 17.6 Å². The molecule has 1 fully saturated rings. The SMILES string of the molecule is C=Cc1oc(B2OC(C)(C)C(C)(C)O2)c(C#N)c1C=C. The lowest BCUT2D eigenvalue weighted by Crippen LogP contribution is -2.41. The maximum atomic E-state index is 9.36. The summed E-state index contributed by atoms with van der Waals surface area (Å²) in [6, 6.07) is 2.13. The molecule has 4 nitrogen and oxygen atoms in total. The molecule has 2 rings (SSSR count). The van der Waals surface area contributed by atoms with Gasteiger partial charge in [-0.15, -0.1) is 0 Å². The van der Waals surface area contributed by atoms with Crippen LogP contribution >= 0.6 is 0 Å². The van der Waals surface area contributed by atoms with Crippen molar-refractivity contribution < 1.29 is 13.7 Å². The summed E-state index contributed by atoms with van der Waals surface area (Å²) in [5, 5.41) is 9.36. The third kappa shape index (κ3) is 2.02. The highest BCUT2D eigenvalue weighted by Gasteiger charge is 2.54. The summed E-state index contributed by atoms with van der Waals surface area (Å²) in [5.74, 6) is 0.501. The van der Waals surface area contributed by atoms with Crippen LogP contribution in [0.4, 0.5) is 0 Å². The molecule has 0 aromatic carbocycles. The number of hydrogen-bond donors (Lipinski definition) is 0. The standard InChI is InChI=1S/C15H18BNO3/c1-7-10-11(9-17)13(18-12(10)8-2)16-19-14(3,4)15(5,6)20-16/h7-8H,1-2H2,3-6H3. The van der Waals surface area contributed by atoms with E-state index in [1.807, 2.05) is 27.7 Å². The lowest BCUT2D eigenvalue weighted by molar-refractivity contribution is 0.00578. The monoisotopic (exact) mass is 271 g/mol. The number of furan rings is 1. The largest absolute Gasteiger partial charge is 0.534 e. The smallest absolute Gasteiger partial charge is 0.463 e. The van der Waals surface area contributed by atoms with Gasteiger partial charge in [-0.25, -0.2) is 0 Å². The molecule has 0 bridgehead atoms. The molecule has 0 spiro atoms. The van der Waals surface area contributed by atoms with E-state index < -0.39 is 18.3 Å². The van der Waals surface area contributed by atoms with Crippen LogP contribution in [-0.4, -0.2) is 18.3 Å². The van der Waals surface area contributed by atoms with Crippen LogP contribution in [0.25, 0.3) is 12.2 Å². The van der Waals surface area contributed by atoms with Crippen LogP contribution in [-0.2, 0) is 9.31 Å². The molecule has 1 aliphatic heterocycles. The Hall–Kier alpha value is -1.77. The van der Waals surface area contributed by atoms with E-state index in [-0.39, 0.29) is 0 Å². The number of nitrogens with zero attached hydrogens (tertiary/aromatic N) is 1. The van der Waals surface area contributed by atoms with Gasteiger partial charge in [-0.05, 0) is 33.8 Å². The molecule has 5 heteroatoms. The molecule has 20 heavy (non-hydrogen) atoms. The zero-order valence-corrected chi connectivity index (χ0v) is 12.3. The van der Waals surface area contributed by atoms with E-state index in [1.165, 1.54) is 0 Å². The molecule has 2 heterocycles. The van der Waals surface area contributed by atoms with Crippen LogP contribution in [0, 0.1) is 11.3 Å². The van der Waals surface area contributed by atoms with Gasteiger partial charge in [0.05, 0.1) is 16.8 Å². The number of hydrogen-bond acceptors (Lipinski definition) is 4. The van der Waals surface area contributed by atoms with Crippen LogP contribution in [0.1, 0.15) is 44.6 Å². The molecule has 0 radical (unpaired) electrons. The molecular weight excluding hydrogens is 253 g/mol. The predicted molar refractivity (Wildman–Crippen MR) is 79.3 cm³/mol. The molecule has 0 N–H and O–H groups in total. The van der Waals surface area contributed by atoms with E-state index in [4.69, 9.17) is 13.7 Å². The molecule has 1 aromatic rings. The van der Waals surface area contributed by atoms with Crippen molar-refractivity contribution in [1.82, 2.24) is 0 Å². The lowest BCUT2D eigenvalue weighted by Gasteiger charge is -2.32. The molecule has 1 aliphatic rings. The highest BCUT2D eigenvalue weighted by molar-refractivity contribution is 6.61. The van der Waals surface area contributed by atoms with Crippen molar-refractivity contribution in [3.8, 4) is 6.07 Å². The topological polar surface area (TPSA) is 55.4 Å². The molecule has 0 atom stereocenters. The van der Waals surface area contributed by atoms with Gasteiger partial charge in [-0.1, -0.05) is 19.2 Å². The molecule has 0 unspecified atom stereocenters. The van der Waals surface area contributed by atoms with Crippen molar-refractivity contribution in [1.29, 1.82) is 5.26 Å². The first-order valence-corrected chi connectivity index (χ1v) is 6.44. The molecule has 104 valence electrons. The maximum absolute atomic E-state index is 9.36. The summed E-state index contributed by atoms with van der Waals surface area (Å²) in [4.78, 5) is 0. The fraction of sp³-hybridized carbons (Fsp3) is 0.400. The third-order valence-electron chi connectivity index (χ3n) is 3.97. The average molecular weight is 271 g/mol. The van der Waals surface area contributed by atoms with E-state index in [1.54, 1.807) is 12.2 Å². The van der Waals surface area contributed by atoms with Crippen molar-refractivity contribution in [3.63, 3.8) is 0 Å². The summed E-state index contributed by atoms with van der Waals surface area (Å²) in [5.41, 5.74) is 0.399. The fourth-order valence-electron chi connectivity index (χ4n) is 2.07. The van der Waals surface area contributed by atoms with E-state index in [0.29, 0.717) is 22.5 Å². The third-order valence-corrected chi connectivity index (χ3v) is 3.97. The fourth-order valence-corrected chi connectivity index (χ4v) is 2.07. The summed E-state index contributed by atoms with van der Waals surface area (Å²) in [7, 11) is -0.706. The highest BCUT2D eigenvalue weighted by atomic mass is 16.7. The predicted octanol–water partition coefficient (Wildman–Crippen LogP) is 2.74. The van der Waals surface area contributed by atoms with Gasteiger partial charge in [-0.3, -0.25) is 0 Å². The summed E-state index contributed by atoms with van der Waals surface area (Å²) < 4.78 is 17.5. The second-order valence-corrected chi connectivity index (χ2v) is 5.73. The van der Waals surface area contributed by atoms with Crippen LogP contribution in [0.2, 0.25) is 0 Å². The van der Waals surface area contributed by atoms with Gasteiger partial charge in [0.1, 0.15) is 11.8 Å². The minimum atomic E-state index is -0.706. The Morgan fingerprint density at radius 1 is 1.10 bits per heavy atom. The van der Waals surface area contributed by atoms with Crippen LogP contribution in [0.3, 0.4) is 0 Å². The second-order valence-electron chi connectivity index (χ2n) is 5.73. The minimum Gasteiger partial charge on any atom is -0.463 e. The van der Waals surface area contributed by atoms with Crippen molar-refractivity contribution >= 4 is 24.9 Å². The van der Waals surface area contributed by atoms with Gasteiger partial charge < -0.3 is 13.7 Å². The Morgan fingerprint density at radius 2 is 1.65 bits per heavy atom. The van der Waals surface area contributed by atoms with Gasteiger partial charge in [0.15, 0.2) is 5.66 Å². The van der Waals surface area contributed by atoms with E-state index in [9.17, 15) is 5.26 Å². The maximum Gasteiger partial charge on any atom is 0.534 e. The molecule has 0 amide bonds. The van der Waals surface area contributed by atoms with Crippen molar-refractivity contribution in [2.75, 3.05) is 0 Å². The Morgan fingerprint density at radius 3 is 2.05 bits per heavy atom. The van der Waals surface area contributed by atoms with Gasteiger partial charge >= 0.3 is 7.12 Å². The molecule has 1 saturated heterocycles. The van der Waals surface area contributed by atoms with Crippen LogP contribution in [0.5, 0.6) is 0 Å². The Balaban J connectivity index is 2.51. The average Bonchev–Trinajstić information content (AvgIpc) is 2.83. The second kappa shape index (κ2) is 4.66.